The number of aliphatic hydroxyl groups is 1. The molecule has 2 heteroatoms. The van der Waals surface area contributed by atoms with Crippen LogP contribution in [0.1, 0.15) is 51.3 Å². The highest BCUT2D eigenvalue weighted by Crippen LogP contribution is 2.37. The van der Waals surface area contributed by atoms with Gasteiger partial charge in [0.1, 0.15) is 0 Å². The summed E-state index contributed by atoms with van der Waals surface area (Å²) in [7, 11) is 0. The van der Waals surface area contributed by atoms with E-state index in [0.717, 1.165) is 25.0 Å². The highest BCUT2D eigenvalue weighted by molar-refractivity contribution is 5.15. The first-order chi connectivity index (χ1) is 8.50. The second-order valence-electron chi connectivity index (χ2n) is 6.27. The van der Waals surface area contributed by atoms with Crippen molar-refractivity contribution in [2.75, 3.05) is 0 Å². The molecule has 0 bridgehead atoms. The lowest BCUT2D eigenvalue weighted by Crippen LogP contribution is -2.40. The largest absolute Gasteiger partial charge is 0.389 e. The molecule has 1 fully saturated rings. The third-order valence-corrected chi connectivity index (χ3v) is 4.07. The lowest BCUT2D eigenvalue weighted by atomic mass is 9.72. The van der Waals surface area contributed by atoms with Gasteiger partial charge in [0.25, 0.3) is 0 Å². The van der Waals surface area contributed by atoms with E-state index in [4.69, 9.17) is 0 Å². The number of pyridine rings is 1. The molecule has 0 spiro atoms. The van der Waals surface area contributed by atoms with Crippen LogP contribution in [0.15, 0.2) is 18.3 Å². The number of aromatic nitrogens is 1. The summed E-state index contributed by atoms with van der Waals surface area (Å²) in [6.45, 7) is 6.62. The van der Waals surface area contributed by atoms with E-state index in [-0.39, 0.29) is 0 Å². The molecule has 100 valence electrons. The molecule has 18 heavy (non-hydrogen) atoms. The molecule has 0 aromatic carbocycles. The van der Waals surface area contributed by atoms with Gasteiger partial charge in [-0.05, 0) is 49.1 Å². The maximum Gasteiger partial charge on any atom is 0.0708 e. The average molecular weight is 247 g/mol. The second-order valence-corrected chi connectivity index (χ2v) is 6.27. The van der Waals surface area contributed by atoms with E-state index in [1.807, 2.05) is 6.20 Å². The number of hydrogen-bond donors (Lipinski definition) is 1. The van der Waals surface area contributed by atoms with Crippen LogP contribution in [-0.2, 0) is 12.8 Å². The summed E-state index contributed by atoms with van der Waals surface area (Å²) >= 11 is 0. The van der Waals surface area contributed by atoms with Gasteiger partial charge in [-0.15, -0.1) is 0 Å². The lowest BCUT2D eigenvalue weighted by Gasteiger charge is -2.38. The Balaban J connectivity index is 2.06. The number of nitrogens with zero attached hydrogens (tertiary/aromatic N) is 1. The zero-order valence-corrected chi connectivity index (χ0v) is 11.8. The third kappa shape index (κ3) is 3.32. The summed E-state index contributed by atoms with van der Waals surface area (Å²) in [5, 5.41) is 10.8. The second kappa shape index (κ2) is 5.40. The van der Waals surface area contributed by atoms with Crippen molar-refractivity contribution >= 4 is 0 Å². The Labute approximate surface area is 110 Å². The van der Waals surface area contributed by atoms with E-state index in [2.05, 4.69) is 37.9 Å². The number of aryl methyl sites for hydroxylation is 1. The molecule has 1 aromatic rings. The van der Waals surface area contributed by atoms with Crippen LogP contribution in [0, 0.1) is 11.8 Å². The summed E-state index contributed by atoms with van der Waals surface area (Å²) in [6.07, 6.45) is 6.72. The zero-order valence-electron chi connectivity index (χ0n) is 11.8. The summed E-state index contributed by atoms with van der Waals surface area (Å²) < 4.78 is 0. The van der Waals surface area contributed by atoms with Gasteiger partial charge < -0.3 is 5.11 Å². The van der Waals surface area contributed by atoms with Crippen molar-refractivity contribution < 1.29 is 5.11 Å². The van der Waals surface area contributed by atoms with Crippen molar-refractivity contribution in [2.24, 2.45) is 11.8 Å². The Kier molecular flexibility index (Phi) is 4.06. The van der Waals surface area contributed by atoms with E-state index in [0.29, 0.717) is 18.3 Å². The maximum absolute atomic E-state index is 10.8. The first-order valence-electron chi connectivity index (χ1n) is 7.17. The van der Waals surface area contributed by atoms with E-state index >= 15 is 0 Å². The predicted octanol–water partition coefficient (Wildman–Crippen LogP) is 3.37. The lowest BCUT2D eigenvalue weighted by molar-refractivity contribution is -0.0311. The molecule has 1 aliphatic carbocycles. The normalized spacial score (nSPS) is 32.4. The molecule has 1 heterocycles. The van der Waals surface area contributed by atoms with Crippen LogP contribution in [0.2, 0.25) is 0 Å². The van der Waals surface area contributed by atoms with Crippen LogP contribution < -0.4 is 0 Å². The van der Waals surface area contributed by atoms with Crippen molar-refractivity contribution in [1.29, 1.82) is 0 Å². The molecule has 1 aliphatic rings. The quantitative estimate of drug-likeness (QED) is 0.888. The Hall–Kier alpha value is -0.890. The SMILES string of the molecule is CCc1ccc(CC2(O)CC(C)CC(C)C2)nc1. The van der Waals surface area contributed by atoms with E-state index < -0.39 is 5.60 Å². The summed E-state index contributed by atoms with van der Waals surface area (Å²) in [5.74, 6) is 1.24. The van der Waals surface area contributed by atoms with Crippen LogP contribution in [0.3, 0.4) is 0 Å². The smallest absolute Gasteiger partial charge is 0.0708 e. The standard InChI is InChI=1S/C16H25NO/c1-4-14-5-6-15(17-11-14)10-16(18)8-12(2)7-13(3)9-16/h5-6,11-13,18H,4,7-10H2,1-3H3. The van der Waals surface area contributed by atoms with Crippen LogP contribution >= 0.6 is 0 Å². The minimum Gasteiger partial charge on any atom is -0.389 e. The molecular formula is C16H25NO. The zero-order chi connectivity index (χ0) is 13.2. The van der Waals surface area contributed by atoms with Crippen LogP contribution in [-0.4, -0.2) is 15.7 Å². The van der Waals surface area contributed by atoms with Crippen molar-refractivity contribution in [3.63, 3.8) is 0 Å². The van der Waals surface area contributed by atoms with E-state index in [1.165, 1.54) is 12.0 Å². The van der Waals surface area contributed by atoms with Gasteiger partial charge in [0.05, 0.1) is 5.60 Å². The molecule has 2 rings (SSSR count). The third-order valence-electron chi connectivity index (χ3n) is 4.07. The summed E-state index contributed by atoms with van der Waals surface area (Å²) in [6, 6.07) is 4.20. The monoisotopic (exact) mass is 247 g/mol. The fourth-order valence-electron chi connectivity index (χ4n) is 3.48. The minimum atomic E-state index is -0.544. The van der Waals surface area contributed by atoms with Gasteiger partial charge in [0.15, 0.2) is 0 Å². The molecule has 1 N–H and O–H groups in total. The van der Waals surface area contributed by atoms with Crippen LogP contribution in [0.4, 0.5) is 0 Å². The Morgan fingerprint density at radius 2 is 1.94 bits per heavy atom. The summed E-state index contributed by atoms with van der Waals surface area (Å²) in [4.78, 5) is 4.48. The van der Waals surface area contributed by atoms with Crippen molar-refractivity contribution in [3.8, 4) is 0 Å². The van der Waals surface area contributed by atoms with Crippen LogP contribution in [0.5, 0.6) is 0 Å². The van der Waals surface area contributed by atoms with Gasteiger partial charge >= 0.3 is 0 Å². The molecular weight excluding hydrogens is 222 g/mol. The molecule has 2 atom stereocenters. The average Bonchev–Trinajstić information content (AvgIpc) is 2.27. The van der Waals surface area contributed by atoms with Gasteiger partial charge in [0.2, 0.25) is 0 Å². The topological polar surface area (TPSA) is 33.1 Å². The first-order valence-corrected chi connectivity index (χ1v) is 7.17. The highest BCUT2D eigenvalue weighted by Gasteiger charge is 2.36. The van der Waals surface area contributed by atoms with Crippen molar-refractivity contribution in [1.82, 2.24) is 4.98 Å². The van der Waals surface area contributed by atoms with E-state index in [9.17, 15) is 5.11 Å². The maximum atomic E-state index is 10.8. The van der Waals surface area contributed by atoms with Gasteiger partial charge in [-0.1, -0.05) is 26.8 Å². The van der Waals surface area contributed by atoms with Crippen molar-refractivity contribution in [3.05, 3.63) is 29.6 Å². The molecule has 2 unspecified atom stereocenters. The summed E-state index contributed by atoms with van der Waals surface area (Å²) in [5.41, 5.74) is 1.74. The molecule has 0 aliphatic heterocycles. The Morgan fingerprint density at radius 1 is 1.28 bits per heavy atom. The number of rotatable bonds is 3. The van der Waals surface area contributed by atoms with Gasteiger partial charge in [-0.25, -0.2) is 0 Å². The Morgan fingerprint density at radius 3 is 2.44 bits per heavy atom. The highest BCUT2D eigenvalue weighted by atomic mass is 16.3. The van der Waals surface area contributed by atoms with Crippen molar-refractivity contribution in [2.45, 2.75) is 58.5 Å². The molecule has 0 radical (unpaired) electrons. The molecule has 0 amide bonds. The van der Waals surface area contributed by atoms with Gasteiger partial charge in [-0.3, -0.25) is 4.98 Å². The predicted molar refractivity (Wildman–Crippen MR) is 74.4 cm³/mol. The van der Waals surface area contributed by atoms with Gasteiger partial charge in [0, 0.05) is 18.3 Å². The Bertz CT molecular complexity index is 375. The van der Waals surface area contributed by atoms with Crippen LogP contribution in [0.25, 0.3) is 0 Å². The molecule has 0 saturated heterocycles. The molecule has 1 saturated carbocycles. The molecule has 1 aromatic heterocycles. The number of hydrogen-bond acceptors (Lipinski definition) is 2. The minimum absolute atomic E-state index is 0.544. The fraction of sp³-hybridized carbons (Fsp3) is 0.688. The van der Waals surface area contributed by atoms with E-state index in [1.54, 1.807) is 0 Å². The van der Waals surface area contributed by atoms with Gasteiger partial charge in [-0.2, -0.15) is 0 Å². The fourth-order valence-corrected chi connectivity index (χ4v) is 3.48. The molecule has 2 nitrogen and oxygen atoms in total. The first kappa shape index (κ1) is 13.5.